The summed E-state index contributed by atoms with van der Waals surface area (Å²) in [4.78, 5) is 21.9. The first-order chi connectivity index (χ1) is 14.9. The molecule has 166 valence electrons. The average molecular weight is 487 g/mol. The molecule has 0 aliphatic heterocycles. The Morgan fingerprint density at radius 2 is 2.00 bits per heavy atom. The maximum atomic E-state index is 11.7. The Kier molecular flexibility index (Phi) is 11.9. The van der Waals surface area contributed by atoms with Crippen LogP contribution in [0.4, 0.5) is 5.69 Å². The van der Waals surface area contributed by atoms with Crippen LogP contribution in [0, 0.1) is 6.92 Å². The summed E-state index contributed by atoms with van der Waals surface area (Å²) in [5, 5.41) is 9.88. The number of rotatable bonds is 6. The molecular formula is C24H31BrN4O2. The van der Waals surface area contributed by atoms with Crippen molar-refractivity contribution < 1.29 is 9.59 Å². The number of carbonyl (C=O) groups excluding carboxylic acids is 2. The summed E-state index contributed by atoms with van der Waals surface area (Å²) < 4.78 is 2.31. The minimum Gasteiger partial charge on any atom is -0.388 e. The molecule has 0 radical (unpaired) electrons. The largest absolute Gasteiger partial charge is 0.388 e. The lowest BCUT2D eigenvalue weighted by Crippen LogP contribution is -2.25. The summed E-state index contributed by atoms with van der Waals surface area (Å²) in [7, 11) is 3.63. The molecule has 1 amide bonds. The highest BCUT2D eigenvalue weighted by molar-refractivity contribution is 9.10. The van der Waals surface area contributed by atoms with Gasteiger partial charge in [-0.3, -0.25) is 14.3 Å². The normalized spacial score (nSPS) is 12.4. The van der Waals surface area contributed by atoms with Crippen LogP contribution in [0.3, 0.4) is 0 Å². The molecule has 1 fully saturated rings. The van der Waals surface area contributed by atoms with Gasteiger partial charge in [0.25, 0.3) is 5.91 Å². The zero-order valence-corrected chi connectivity index (χ0v) is 20.1. The van der Waals surface area contributed by atoms with Crippen LogP contribution in [-0.4, -0.2) is 35.1 Å². The molecule has 0 unspecified atom stereocenters. The molecule has 0 saturated heterocycles. The van der Waals surface area contributed by atoms with Gasteiger partial charge in [0.15, 0.2) is 6.29 Å². The lowest BCUT2D eigenvalue weighted by Gasteiger charge is -2.08. The summed E-state index contributed by atoms with van der Waals surface area (Å²) in [6.07, 6.45) is 14.0. The maximum Gasteiger partial charge on any atom is 0.251 e. The number of benzene rings is 1. The van der Waals surface area contributed by atoms with Gasteiger partial charge in [-0.25, -0.2) is 0 Å². The highest BCUT2D eigenvalue weighted by Crippen LogP contribution is 2.21. The van der Waals surface area contributed by atoms with Crippen LogP contribution >= 0.6 is 15.9 Å². The van der Waals surface area contributed by atoms with Crippen LogP contribution in [0.2, 0.25) is 0 Å². The number of halogens is 1. The molecule has 1 aromatic carbocycles. The van der Waals surface area contributed by atoms with Crippen molar-refractivity contribution >= 4 is 33.8 Å². The standard InChI is InChI=1S/C12H16N2O.C7H10.C5H5BrN2O/c1-8-3-4-9(7-11(8)13-2)12(15)14-10-5-6-10;1-3-5-7-6-4-2;1-8-5(6)4(3-9)2-7-8/h3-4,7,10,13H,5-6H2,1-2H3,(H,14,15);3-7H,1H2,2H3;2-3H,1H3/b;6-4-,7-5-;. The predicted molar refractivity (Wildman–Crippen MR) is 132 cm³/mol. The number of anilines is 1. The van der Waals surface area contributed by atoms with E-state index in [1.807, 2.05) is 63.4 Å². The SMILES string of the molecule is C=C/C=C\C=C/C.CNc1cc(C(=O)NC2CC2)ccc1C.Cn1ncc(C=O)c1Br. The molecular weight excluding hydrogens is 456 g/mol. The van der Waals surface area contributed by atoms with Crippen molar-refractivity contribution in [3.05, 3.63) is 82.6 Å². The average Bonchev–Trinajstić information content (AvgIpc) is 3.53. The lowest BCUT2D eigenvalue weighted by molar-refractivity contribution is 0.0950. The van der Waals surface area contributed by atoms with Crippen LogP contribution in [0.1, 0.15) is 46.0 Å². The van der Waals surface area contributed by atoms with E-state index in [2.05, 4.69) is 38.2 Å². The monoisotopic (exact) mass is 486 g/mol. The minimum atomic E-state index is 0.0361. The molecule has 6 nitrogen and oxygen atoms in total. The van der Waals surface area contributed by atoms with E-state index < -0.39 is 0 Å². The molecule has 2 aromatic rings. The summed E-state index contributed by atoms with van der Waals surface area (Å²) in [6, 6.07) is 6.14. The van der Waals surface area contributed by atoms with Crippen molar-refractivity contribution in [3.8, 4) is 0 Å². The number of hydrogen-bond donors (Lipinski definition) is 2. The Balaban J connectivity index is 0.000000257. The van der Waals surface area contributed by atoms with Gasteiger partial charge in [-0.2, -0.15) is 5.10 Å². The van der Waals surface area contributed by atoms with Gasteiger partial charge < -0.3 is 10.6 Å². The first kappa shape index (κ1) is 26.1. The molecule has 1 saturated carbocycles. The highest BCUT2D eigenvalue weighted by Gasteiger charge is 2.23. The van der Waals surface area contributed by atoms with Crippen LogP contribution in [0.25, 0.3) is 0 Å². The molecule has 0 bridgehead atoms. The number of amides is 1. The first-order valence-electron chi connectivity index (χ1n) is 10.00. The van der Waals surface area contributed by atoms with Crippen molar-refractivity contribution in [1.82, 2.24) is 15.1 Å². The van der Waals surface area contributed by atoms with E-state index in [4.69, 9.17) is 0 Å². The first-order valence-corrected chi connectivity index (χ1v) is 10.8. The molecule has 1 heterocycles. The van der Waals surface area contributed by atoms with E-state index in [1.54, 1.807) is 17.8 Å². The van der Waals surface area contributed by atoms with Crippen LogP contribution in [0.5, 0.6) is 0 Å². The third-order valence-corrected chi connectivity index (χ3v) is 5.22. The third-order valence-electron chi connectivity index (χ3n) is 4.25. The van der Waals surface area contributed by atoms with Gasteiger partial charge in [0.1, 0.15) is 4.60 Å². The molecule has 1 aliphatic rings. The van der Waals surface area contributed by atoms with Crippen molar-refractivity contribution in [3.63, 3.8) is 0 Å². The van der Waals surface area contributed by atoms with Gasteiger partial charge in [-0.15, -0.1) is 0 Å². The third kappa shape index (κ3) is 9.61. The molecule has 1 aliphatic carbocycles. The Morgan fingerprint density at radius 3 is 2.45 bits per heavy atom. The minimum absolute atomic E-state index is 0.0361. The zero-order chi connectivity index (χ0) is 23.2. The number of aldehydes is 1. The summed E-state index contributed by atoms with van der Waals surface area (Å²) in [6.45, 7) is 7.51. The smallest absolute Gasteiger partial charge is 0.251 e. The summed E-state index contributed by atoms with van der Waals surface area (Å²) >= 11 is 3.18. The predicted octanol–water partition coefficient (Wildman–Crippen LogP) is 5.23. The molecule has 0 atom stereocenters. The summed E-state index contributed by atoms with van der Waals surface area (Å²) in [5.74, 6) is 0.0361. The lowest BCUT2D eigenvalue weighted by atomic mass is 10.1. The molecule has 1 aromatic heterocycles. The van der Waals surface area contributed by atoms with E-state index in [0.717, 1.165) is 40.5 Å². The quantitative estimate of drug-likeness (QED) is 0.432. The molecule has 7 heteroatoms. The van der Waals surface area contributed by atoms with Gasteiger partial charge in [0.2, 0.25) is 0 Å². The molecule has 3 rings (SSSR count). The Hall–Kier alpha value is -2.93. The number of hydrogen-bond acceptors (Lipinski definition) is 4. The second-order valence-electron chi connectivity index (χ2n) is 6.81. The highest BCUT2D eigenvalue weighted by atomic mass is 79.9. The van der Waals surface area contributed by atoms with Crippen LogP contribution in [0.15, 0.2) is 66.0 Å². The molecule has 31 heavy (non-hydrogen) atoms. The molecule has 2 N–H and O–H groups in total. The van der Waals surface area contributed by atoms with E-state index in [1.165, 1.54) is 6.20 Å². The second kappa shape index (κ2) is 14.1. The van der Waals surface area contributed by atoms with E-state index in [-0.39, 0.29) is 5.91 Å². The fraction of sp³-hybridized carbons (Fsp3) is 0.292. The second-order valence-corrected chi connectivity index (χ2v) is 7.56. The number of aromatic nitrogens is 2. The van der Waals surface area contributed by atoms with Gasteiger partial charge in [0.05, 0.1) is 11.8 Å². The fourth-order valence-corrected chi connectivity index (χ4v) is 2.59. The van der Waals surface area contributed by atoms with Crippen molar-refractivity contribution in [1.29, 1.82) is 0 Å². The number of allylic oxidation sites excluding steroid dienone is 5. The van der Waals surface area contributed by atoms with Crippen LogP contribution < -0.4 is 10.6 Å². The molecule has 0 spiro atoms. The fourth-order valence-electron chi connectivity index (χ4n) is 2.30. The number of nitrogens with zero attached hydrogens (tertiary/aromatic N) is 2. The summed E-state index contributed by atoms with van der Waals surface area (Å²) in [5.41, 5.74) is 3.48. The van der Waals surface area contributed by atoms with Gasteiger partial charge in [0, 0.05) is 31.4 Å². The van der Waals surface area contributed by atoms with Gasteiger partial charge in [-0.1, -0.05) is 43.0 Å². The maximum absolute atomic E-state index is 11.7. The van der Waals surface area contributed by atoms with Gasteiger partial charge in [-0.05, 0) is 60.3 Å². The Bertz CT molecular complexity index is 928. The Morgan fingerprint density at radius 1 is 1.29 bits per heavy atom. The van der Waals surface area contributed by atoms with Crippen molar-refractivity contribution in [2.75, 3.05) is 12.4 Å². The van der Waals surface area contributed by atoms with Crippen LogP contribution in [-0.2, 0) is 7.05 Å². The number of nitrogens with one attached hydrogen (secondary N) is 2. The van der Waals surface area contributed by atoms with Crippen molar-refractivity contribution in [2.24, 2.45) is 7.05 Å². The Labute approximate surface area is 193 Å². The van der Waals surface area contributed by atoms with Crippen molar-refractivity contribution in [2.45, 2.75) is 32.7 Å². The number of carbonyl (C=O) groups is 2. The number of aryl methyl sites for hydroxylation is 2. The zero-order valence-electron chi connectivity index (χ0n) is 18.6. The van der Waals surface area contributed by atoms with E-state index >= 15 is 0 Å². The topological polar surface area (TPSA) is 76.0 Å². The van der Waals surface area contributed by atoms with Gasteiger partial charge >= 0.3 is 0 Å². The van der Waals surface area contributed by atoms with E-state index in [0.29, 0.717) is 11.6 Å². The van der Waals surface area contributed by atoms with E-state index in [9.17, 15) is 9.59 Å².